The summed E-state index contributed by atoms with van der Waals surface area (Å²) in [5.41, 5.74) is 10.7. The smallest absolute Gasteiger partial charge is 0.341 e. The number of epoxide rings is 1. The van der Waals surface area contributed by atoms with Crippen LogP contribution in [-0.4, -0.2) is 68.7 Å². The number of nitrogens with zero attached hydrogens (tertiary/aromatic N) is 4. The number of anilines is 2. The number of phenols is 1. The Morgan fingerprint density at radius 3 is 2.76 bits per heavy atom. The summed E-state index contributed by atoms with van der Waals surface area (Å²) in [4.78, 5) is 43.7. The number of rotatable bonds is 11. The number of aromatic nitrogens is 2. The van der Waals surface area contributed by atoms with Crippen molar-refractivity contribution in [1.82, 2.24) is 14.9 Å². The number of esters is 1. The van der Waals surface area contributed by atoms with Crippen molar-refractivity contribution in [2.75, 3.05) is 24.1 Å². The molecule has 4 aromatic rings. The number of carbonyl (C=O) groups is 1. The fraction of sp³-hybridized carbons (Fsp3) is 0.457. The van der Waals surface area contributed by atoms with Crippen LogP contribution in [0.4, 0.5) is 11.6 Å². The summed E-state index contributed by atoms with van der Waals surface area (Å²) in [7, 11) is 0. The van der Waals surface area contributed by atoms with Crippen LogP contribution in [0.2, 0.25) is 0 Å². The molecule has 0 bridgehead atoms. The third kappa shape index (κ3) is 7.45. The number of nitrogen functional groups attached to an aromatic ring is 1. The normalized spacial score (nSPS) is 24.0. The van der Waals surface area contributed by atoms with Gasteiger partial charge in [0.25, 0.3) is 0 Å². The van der Waals surface area contributed by atoms with E-state index >= 15 is 0 Å². The van der Waals surface area contributed by atoms with Gasteiger partial charge >= 0.3 is 5.97 Å². The molecule has 59 heavy (non-hydrogen) atoms. The average Bonchev–Trinajstić information content (AvgIpc) is 3.46. The predicted octanol–water partition coefficient (Wildman–Crippen LogP) is 7.63. The van der Waals surface area contributed by atoms with Gasteiger partial charge in [-0.05, 0) is 95.2 Å². The van der Waals surface area contributed by atoms with E-state index in [2.05, 4.69) is 46.5 Å². The highest BCUT2D eigenvalue weighted by molar-refractivity contribution is 5.88. The Morgan fingerprint density at radius 1 is 1.07 bits per heavy atom. The number of benzene rings is 1. The summed E-state index contributed by atoms with van der Waals surface area (Å²) in [5, 5.41) is 15.2. The van der Waals surface area contributed by atoms with Crippen LogP contribution < -0.4 is 21.2 Å². The molecule has 1 aromatic carbocycles. The Kier molecular flexibility index (Phi) is 9.97. The molecule has 0 unspecified atom stereocenters. The fourth-order valence-electron chi connectivity index (χ4n) is 9.41. The number of nitrogens with one attached hydrogen (secondary N) is 1. The largest absolute Gasteiger partial charge is 0.507 e. The topological polar surface area (TPSA) is 178 Å². The molecule has 2 saturated heterocycles. The summed E-state index contributed by atoms with van der Waals surface area (Å²) < 4.78 is 25.0. The molecule has 13 heteroatoms. The molecule has 0 radical (unpaired) electrons. The number of hydrogen-bond acceptors (Lipinski definition) is 13. The lowest BCUT2D eigenvalue weighted by Crippen LogP contribution is -2.52. The fourth-order valence-corrected chi connectivity index (χ4v) is 9.41. The number of allylic oxidation sites excluding steroid dienone is 1. The van der Waals surface area contributed by atoms with Gasteiger partial charge in [-0.1, -0.05) is 26.2 Å². The van der Waals surface area contributed by atoms with E-state index in [-0.39, 0.29) is 28.3 Å². The number of pyridine rings is 2. The van der Waals surface area contributed by atoms with E-state index in [1.165, 1.54) is 11.6 Å². The molecule has 3 aromatic heterocycles. The van der Waals surface area contributed by atoms with Gasteiger partial charge in [0.1, 0.15) is 51.6 Å². The Bertz CT molecular complexity index is 2490. The minimum absolute atomic E-state index is 0.101. The molecule has 5 aliphatic rings. The van der Waals surface area contributed by atoms with Gasteiger partial charge in [0, 0.05) is 60.3 Å². The van der Waals surface area contributed by atoms with Gasteiger partial charge in [0.15, 0.2) is 11.0 Å². The van der Waals surface area contributed by atoms with Crippen LogP contribution >= 0.6 is 0 Å². The second-order valence-electron chi connectivity index (χ2n) is 17.2. The minimum Gasteiger partial charge on any atom is -0.507 e. The number of phenolic OH excluding ortho intramolecular Hbond substituents is 1. The summed E-state index contributed by atoms with van der Waals surface area (Å²) >= 11 is 0. The lowest BCUT2D eigenvalue weighted by molar-refractivity contribution is -0.170. The zero-order valence-corrected chi connectivity index (χ0v) is 34.2. The molecular formula is C46H52N6O7. The second-order valence-corrected chi connectivity index (χ2v) is 17.2. The number of hydrogen-bond donors (Lipinski definition) is 3. The molecule has 5 aliphatic heterocycles. The van der Waals surface area contributed by atoms with Gasteiger partial charge in [-0.15, -0.1) is 0 Å². The molecule has 1 spiro atoms. The van der Waals surface area contributed by atoms with Crippen molar-refractivity contribution in [3.8, 4) is 22.8 Å². The molecule has 0 saturated carbocycles. The van der Waals surface area contributed by atoms with Crippen LogP contribution in [0.1, 0.15) is 101 Å². The van der Waals surface area contributed by atoms with Gasteiger partial charge in [-0.2, -0.15) is 0 Å². The summed E-state index contributed by atoms with van der Waals surface area (Å²) in [6.07, 6.45) is 12.1. The van der Waals surface area contributed by atoms with E-state index in [9.17, 15) is 14.7 Å². The Labute approximate surface area is 343 Å². The number of nitrogens with two attached hydrogens (primary N) is 1. The van der Waals surface area contributed by atoms with Crippen molar-refractivity contribution in [1.29, 1.82) is 0 Å². The van der Waals surface area contributed by atoms with Gasteiger partial charge < -0.3 is 39.7 Å². The number of carbonyl (C=O) groups excluding carboxylic acids is 1. The standard InChI is InChI=1S/C46H52N6O7/c1-5-6-9-15-49-39-21-29(20-30(50-39)24-52-23-28-13-16-48-33(28)25-52)32-18-27(19-38(47)51-32)11-12-37-46(59-37)14-8-7-10-31-40-36(58-45(3,4)43(31)57-44(46)55)22-35-41(42(40)54)34(53)17-26(2)56-35/h13,16-22,25,31,37,43,54H,5-12,14-15,23-24H2,1-4H3,(H2,47,51)(H,49,50)/t31-,37-,43-,46+/m1/s1. The first-order valence-corrected chi connectivity index (χ1v) is 21.0. The molecule has 13 nitrogen and oxygen atoms in total. The quantitative estimate of drug-likeness (QED) is 0.0769. The van der Waals surface area contributed by atoms with Crippen molar-refractivity contribution in [2.45, 2.75) is 121 Å². The van der Waals surface area contributed by atoms with E-state index < -0.39 is 29.2 Å². The van der Waals surface area contributed by atoms with Crippen LogP contribution in [0.3, 0.4) is 0 Å². The summed E-state index contributed by atoms with van der Waals surface area (Å²) in [6.45, 7) is 9.91. The van der Waals surface area contributed by atoms with Crippen molar-refractivity contribution in [3.63, 3.8) is 0 Å². The van der Waals surface area contributed by atoms with E-state index in [4.69, 9.17) is 34.3 Å². The van der Waals surface area contributed by atoms with Gasteiger partial charge in [0.2, 0.25) is 0 Å². The highest BCUT2D eigenvalue weighted by Crippen LogP contribution is 2.53. The third-order valence-corrected chi connectivity index (χ3v) is 12.3. The van der Waals surface area contributed by atoms with E-state index in [0.29, 0.717) is 55.1 Å². The molecule has 4 atom stereocenters. The van der Waals surface area contributed by atoms with Crippen LogP contribution in [0.25, 0.3) is 22.2 Å². The maximum absolute atomic E-state index is 14.2. The third-order valence-electron chi connectivity index (χ3n) is 12.3. The van der Waals surface area contributed by atoms with E-state index in [0.717, 1.165) is 79.2 Å². The molecule has 308 valence electrons. The number of aryl methyl sites for hydroxylation is 2. The summed E-state index contributed by atoms with van der Waals surface area (Å²) in [5.74, 6) is 1.09. The van der Waals surface area contributed by atoms with Crippen LogP contribution in [0.15, 0.2) is 74.1 Å². The van der Waals surface area contributed by atoms with Crippen LogP contribution in [-0.2, 0) is 27.2 Å². The first kappa shape index (κ1) is 38.8. The SMILES string of the molecule is CCCCCNc1cc(-c2cc(CC[C@H]3O[C@@]34CCCC[C@@H]3c5c(cc6oc(C)cc(=O)c6c5O)OC(C)(C)[C@@H]3OC4=O)cc(N)n2)cc(CN2C=C3N=CC=C3C2)n1. The summed E-state index contributed by atoms with van der Waals surface area (Å²) in [6, 6.07) is 11.1. The monoisotopic (exact) mass is 800 g/mol. The van der Waals surface area contributed by atoms with Gasteiger partial charge in [-0.3, -0.25) is 9.79 Å². The molecule has 0 aliphatic carbocycles. The number of aromatic hydroxyl groups is 1. The maximum atomic E-state index is 14.2. The molecule has 2 fully saturated rings. The van der Waals surface area contributed by atoms with Gasteiger partial charge in [0.05, 0.1) is 29.7 Å². The minimum atomic E-state index is -1.07. The van der Waals surface area contributed by atoms with Crippen LogP contribution in [0.5, 0.6) is 11.5 Å². The van der Waals surface area contributed by atoms with E-state index in [1.54, 1.807) is 13.0 Å². The zero-order valence-electron chi connectivity index (χ0n) is 34.2. The Hall–Kier alpha value is -5.69. The lowest BCUT2D eigenvalue weighted by atomic mass is 9.77. The molecule has 9 rings (SSSR count). The van der Waals surface area contributed by atoms with Crippen molar-refractivity contribution in [2.24, 2.45) is 4.99 Å². The van der Waals surface area contributed by atoms with Gasteiger partial charge in [-0.25, -0.2) is 14.8 Å². The number of fused-ring (bicyclic) bond motifs is 5. The highest BCUT2D eigenvalue weighted by atomic mass is 16.7. The number of unbranched alkanes of at least 4 members (excludes halogenated alkanes) is 2. The molecular weight excluding hydrogens is 749 g/mol. The number of ether oxygens (including phenoxy) is 3. The Balaban J connectivity index is 0.925. The van der Waals surface area contributed by atoms with Crippen molar-refractivity contribution >= 4 is 34.8 Å². The van der Waals surface area contributed by atoms with Crippen molar-refractivity contribution < 1.29 is 28.5 Å². The van der Waals surface area contributed by atoms with Crippen molar-refractivity contribution in [3.05, 3.63) is 92.7 Å². The lowest BCUT2D eigenvalue weighted by Gasteiger charge is -2.44. The average molecular weight is 801 g/mol. The predicted molar refractivity (Wildman–Crippen MR) is 226 cm³/mol. The number of aliphatic imine (C=N–C) groups is 1. The molecule has 0 amide bonds. The second kappa shape index (κ2) is 15.2. The highest BCUT2D eigenvalue weighted by Gasteiger charge is 2.64. The van der Waals surface area contributed by atoms with Crippen LogP contribution in [0, 0.1) is 6.92 Å². The first-order valence-electron chi connectivity index (χ1n) is 21.0. The molecule has 8 heterocycles. The zero-order chi connectivity index (χ0) is 41.1. The Morgan fingerprint density at radius 2 is 1.93 bits per heavy atom. The first-order chi connectivity index (χ1) is 28.4. The van der Waals surface area contributed by atoms with E-state index in [1.807, 2.05) is 32.2 Å². The molecule has 4 N–H and O–H groups in total. The maximum Gasteiger partial charge on any atom is 0.341 e.